The number of rotatable bonds is 45. The first-order chi connectivity index (χ1) is 44.6. The minimum Gasteiger partial charge on any atom is -0.458 e. The van der Waals surface area contributed by atoms with Crippen molar-refractivity contribution < 1.29 is 76.5 Å². The van der Waals surface area contributed by atoms with Gasteiger partial charge in [0.25, 0.3) is 0 Å². The summed E-state index contributed by atoms with van der Waals surface area (Å²) in [5.74, 6) is -9.71. The van der Waals surface area contributed by atoms with Crippen molar-refractivity contribution in [1.82, 2.24) is 50.2 Å². The van der Waals surface area contributed by atoms with Gasteiger partial charge in [-0.2, -0.15) is 0 Å². The van der Waals surface area contributed by atoms with Gasteiger partial charge in [-0.25, -0.2) is 4.79 Å². The normalized spacial score (nSPS) is 15.2. The van der Waals surface area contributed by atoms with E-state index in [1.54, 1.807) is 47.8 Å². The average molecular weight is 1360 g/mol. The number of allylic oxidation sites excluding steroid dienone is 2. The Morgan fingerprint density at radius 2 is 0.906 bits per heavy atom. The quantitative estimate of drug-likeness (QED) is 0.0382. The number of nitrogens with zero attached hydrogens (tertiary/aromatic N) is 7. The third kappa shape index (κ3) is 29.1. The first-order valence-electron chi connectivity index (χ1n) is 34.1. The van der Waals surface area contributed by atoms with E-state index >= 15 is 9.59 Å². The molecule has 0 fully saturated rings. The summed E-state index contributed by atoms with van der Waals surface area (Å²) < 4.78 is 21.7. The van der Waals surface area contributed by atoms with E-state index in [1.165, 1.54) is 92.6 Å². The predicted molar refractivity (Wildman–Crippen MR) is 368 cm³/mol. The van der Waals surface area contributed by atoms with Crippen LogP contribution in [-0.4, -0.2) is 262 Å². The number of nitrogens with two attached hydrogens (primary N) is 1. The Bertz CT molecular complexity index is 2550. The van der Waals surface area contributed by atoms with Gasteiger partial charge in [0, 0.05) is 62.9 Å². The highest BCUT2D eigenvalue weighted by atomic mass is 16.6. The third-order valence-electron chi connectivity index (χ3n) is 16.8. The van der Waals surface area contributed by atoms with Crippen molar-refractivity contribution in [1.29, 1.82) is 0 Å². The molecule has 0 aromatic carbocycles. The molecule has 0 aromatic heterocycles. The molecular formula is C69H125N11O16. The SMILES string of the molecule is C/C=C/CC(C)[C@@H](OC(=O)COCCOCCOC)C(C(N)=O)N(C)C(=O)[C@@H](C(C)C)N(C)C(=O)[C@H](CC(C)C)N(C)C(=O)[C@H](CC(C)C)N(C)C(=O)[C@@H](C)NC(=O)[C@H](C)NC(=O)[C@H](CC(C)C)N(C)C(=O)[C@@H](NC(=O)[C@H](CC(C)C)N(C)C(=O)CN(C)C(=O)CCC)C(C)C. The van der Waals surface area contributed by atoms with Gasteiger partial charge in [-0.15, -0.1) is 0 Å². The Morgan fingerprint density at radius 3 is 1.38 bits per heavy atom. The van der Waals surface area contributed by atoms with E-state index in [0.717, 1.165) is 4.90 Å². The number of primary amides is 1. The molecule has 0 saturated carbocycles. The summed E-state index contributed by atoms with van der Waals surface area (Å²) in [6.07, 6.45) is 4.27. The zero-order chi connectivity index (χ0) is 74.3. The van der Waals surface area contributed by atoms with Crippen molar-refractivity contribution in [2.45, 2.75) is 223 Å². The molecule has 0 aliphatic rings. The van der Waals surface area contributed by atoms with Gasteiger partial charge in [0.1, 0.15) is 67.1 Å². The maximum Gasteiger partial charge on any atom is 0.332 e. The lowest BCUT2D eigenvalue weighted by Crippen LogP contribution is -2.62. The van der Waals surface area contributed by atoms with Crippen molar-refractivity contribution in [3.05, 3.63) is 12.2 Å². The molecule has 5 N–H and O–H groups in total. The summed E-state index contributed by atoms with van der Waals surface area (Å²) in [5.41, 5.74) is 6.05. The number of esters is 1. The Kier molecular flexibility index (Phi) is 41.1. The second kappa shape index (κ2) is 44.2. The molecule has 552 valence electrons. The van der Waals surface area contributed by atoms with E-state index < -0.39 is 150 Å². The zero-order valence-electron chi connectivity index (χ0n) is 62.9. The number of hydrogen-bond donors (Lipinski definition) is 4. The highest BCUT2D eigenvalue weighted by Crippen LogP contribution is 2.26. The second-order valence-electron chi connectivity index (χ2n) is 28.0. The van der Waals surface area contributed by atoms with Crippen LogP contribution in [0, 0.1) is 41.4 Å². The molecule has 0 heterocycles. The van der Waals surface area contributed by atoms with Crippen LogP contribution in [0.1, 0.15) is 163 Å². The summed E-state index contributed by atoms with van der Waals surface area (Å²) in [7, 11) is 11.7. The monoisotopic (exact) mass is 1360 g/mol. The fraction of sp³-hybridized carbons (Fsp3) is 0.797. The molecule has 27 nitrogen and oxygen atoms in total. The van der Waals surface area contributed by atoms with E-state index in [9.17, 15) is 47.9 Å². The summed E-state index contributed by atoms with van der Waals surface area (Å²) in [6, 6.07) is -10.8. The van der Waals surface area contributed by atoms with Gasteiger partial charge in [0.2, 0.25) is 65.0 Å². The number of ether oxygens (including phenoxy) is 4. The highest BCUT2D eigenvalue weighted by molar-refractivity contribution is 5.99. The molecule has 0 aliphatic carbocycles. The van der Waals surface area contributed by atoms with Crippen molar-refractivity contribution in [2.24, 2.45) is 47.2 Å². The number of nitrogens with one attached hydrogen (secondary N) is 3. The van der Waals surface area contributed by atoms with Crippen LogP contribution in [0.3, 0.4) is 0 Å². The topological polar surface area (TPSA) is 327 Å². The van der Waals surface area contributed by atoms with E-state index in [0.29, 0.717) is 26.1 Å². The maximum atomic E-state index is 15.1. The van der Waals surface area contributed by atoms with Crippen LogP contribution in [-0.2, 0) is 76.5 Å². The van der Waals surface area contributed by atoms with E-state index in [1.807, 2.05) is 75.3 Å². The van der Waals surface area contributed by atoms with Crippen LogP contribution in [0.4, 0.5) is 0 Å². The van der Waals surface area contributed by atoms with E-state index in [2.05, 4.69) is 16.0 Å². The predicted octanol–water partition coefficient (Wildman–Crippen LogP) is 3.88. The molecule has 11 amide bonds. The van der Waals surface area contributed by atoms with E-state index in [4.69, 9.17) is 24.7 Å². The zero-order valence-corrected chi connectivity index (χ0v) is 62.9. The van der Waals surface area contributed by atoms with Crippen LogP contribution in [0.2, 0.25) is 0 Å². The summed E-state index contributed by atoms with van der Waals surface area (Å²) in [4.78, 5) is 178. The largest absolute Gasteiger partial charge is 0.458 e. The third-order valence-corrected chi connectivity index (χ3v) is 16.8. The van der Waals surface area contributed by atoms with Gasteiger partial charge in [-0.3, -0.25) is 52.7 Å². The van der Waals surface area contributed by atoms with Gasteiger partial charge < -0.3 is 74.9 Å². The van der Waals surface area contributed by atoms with Gasteiger partial charge in [0.15, 0.2) is 0 Å². The lowest BCUT2D eigenvalue weighted by atomic mass is 9.91. The van der Waals surface area contributed by atoms with Gasteiger partial charge in [-0.1, -0.05) is 109 Å². The molecule has 0 saturated heterocycles. The van der Waals surface area contributed by atoms with E-state index in [-0.39, 0.29) is 81.4 Å². The van der Waals surface area contributed by atoms with Gasteiger partial charge in [0.05, 0.1) is 33.0 Å². The Morgan fingerprint density at radius 1 is 0.469 bits per heavy atom. The number of methoxy groups -OCH3 is 1. The highest BCUT2D eigenvalue weighted by Gasteiger charge is 2.46. The van der Waals surface area contributed by atoms with Crippen molar-refractivity contribution >= 4 is 70.9 Å². The van der Waals surface area contributed by atoms with Gasteiger partial charge in [-0.05, 0) is 101 Å². The average Bonchev–Trinajstić information content (AvgIpc) is 0.808. The van der Waals surface area contributed by atoms with Crippen LogP contribution >= 0.6 is 0 Å². The molecule has 0 spiro atoms. The Balaban J connectivity index is 6.86. The van der Waals surface area contributed by atoms with Crippen molar-refractivity contribution in [3.8, 4) is 0 Å². The molecule has 96 heavy (non-hydrogen) atoms. The number of hydrogen-bond acceptors (Lipinski definition) is 16. The second-order valence-corrected chi connectivity index (χ2v) is 28.0. The lowest BCUT2D eigenvalue weighted by molar-refractivity contribution is -0.167. The number of likely N-dealkylation sites (N-methyl/N-ethyl adjacent to an activating group) is 7. The minimum absolute atomic E-state index is 0.0418. The fourth-order valence-electron chi connectivity index (χ4n) is 11.1. The smallest absolute Gasteiger partial charge is 0.332 e. The summed E-state index contributed by atoms with van der Waals surface area (Å²) >= 11 is 0. The van der Waals surface area contributed by atoms with Crippen LogP contribution in [0.25, 0.3) is 0 Å². The molecule has 0 bridgehead atoms. The van der Waals surface area contributed by atoms with Gasteiger partial charge >= 0.3 is 5.97 Å². The number of carbonyl (C=O) groups excluding carboxylic acids is 12. The lowest BCUT2D eigenvalue weighted by Gasteiger charge is -2.41. The number of carbonyl (C=O) groups is 12. The Labute approximate surface area is 574 Å². The van der Waals surface area contributed by atoms with Crippen molar-refractivity contribution in [2.75, 3.05) is 96.0 Å². The molecule has 0 radical (unpaired) electrons. The minimum atomic E-state index is -1.50. The molecule has 11 atom stereocenters. The molecule has 2 unspecified atom stereocenters. The molecule has 0 aliphatic heterocycles. The standard InChI is InChI=1S/C69H125N11O16/c1-26-28-30-47(15)60(96-56(83)40-95-34-33-94-32-31-93-25)59(61(70)84)80(24)69(92)58(46(13)14)79(23)67(90)53(38-44(9)10)78(22)66(89)52(37-43(7)8)77(21)65(88)49(17)72-62(85)48(16)71-63(86)51(36-42(5)6)76(20)68(91)57(45(11)12)73-64(87)50(35-41(3)4)75(19)55(82)39-74(18)54(81)29-27-2/h26,28,41-53,57-60H,27,29-40H2,1-25H3,(H2,70,84)(H,71,86)(H,72,85)(H,73,87)/b28-26+/t47?,48-,49+,50-,51-,52-,53-,57-,58+,59?,60+/m0/s1. The molecule has 0 rings (SSSR count). The number of amides is 11. The first kappa shape index (κ1) is 89.3. The van der Waals surface area contributed by atoms with Crippen LogP contribution in [0.15, 0.2) is 12.2 Å². The Hall–Kier alpha value is -6.74. The summed E-state index contributed by atoms with van der Waals surface area (Å²) in [5, 5.41) is 8.23. The van der Waals surface area contributed by atoms with Crippen LogP contribution in [0.5, 0.6) is 0 Å². The first-order valence-corrected chi connectivity index (χ1v) is 34.1. The van der Waals surface area contributed by atoms with Crippen molar-refractivity contribution in [3.63, 3.8) is 0 Å². The van der Waals surface area contributed by atoms with Crippen LogP contribution < -0.4 is 21.7 Å². The molecule has 27 heteroatoms. The molecule has 0 aromatic rings. The fourth-order valence-corrected chi connectivity index (χ4v) is 11.1. The summed E-state index contributed by atoms with van der Waals surface area (Å²) in [6.45, 7) is 30.4. The molecular weight excluding hydrogens is 1240 g/mol. The maximum absolute atomic E-state index is 15.1.